The van der Waals surface area contributed by atoms with E-state index in [0.717, 1.165) is 12.0 Å². The quantitative estimate of drug-likeness (QED) is 0.599. The zero-order valence-corrected chi connectivity index (χ0v) is 11.4. The van der Waals surface area contributed by atoms with Gasteiger partial charge in [-0.3, -0.25) is 0 Å². The molecule has 0 aromatic heterocycles. The number of unbranched alkanes of at least 4 members (excludes halogenated alkanes) is 3. The summed E-state index contributed by atoms with van der Waals surface area (Å²) in [6.45, 7) is 5.79. The SMILES string of the molecule is CCCCCCC1CCCCC1NCCC. The van der Waals surface area contributed by atoms with Gasteiger partial charge in [-0.05, 0) is 38.1 Å². The molecule has 0 aromatic carbocycles. The zero-order chi connectivity index (χ0) is 11.6. The Labute approximate surface area is 102 Å². The lowest BCUT2D eigenvalue weighted by atomic mass is 9.81. The first-order chi connectivity index (χ1) is 7.88. The van der Waals surface area contributed by atoms with E-state index in [0.29, 0.717) is 0 Å². The molecule has 1 rings (SSSR count). The van der Waals surface area contributed by atoms with Crippen LogP contribution in [0.3, 0.4) is 0 Å². The molecule has 2 atom stereocenters. The Balaban J connectivity index is 2.18. The second-order valence-electron chi connectivity index (χ2n) is 5.45. The molecule has 1 saturated carbocycles. The predicted molar refractivity (Wildman–Crippen MR) is 72.8 cm³/mol. The lowest BCUT2D eigenvalue weighted by molar-refractivity contribution is 0.244. The maximum atomic E-state index is 3.76. The molecule has 0 heterocycles. The van der Waals surface area contributed by atoms with Gasteiger partial charge in [0, 0.05) is 6.04 Å². The maximum Gasteiger partial charge on any atom is 0.00953 e. The van der Waals surface area contributed by atoms with E-state index in [9.17, 15) is 0 Å². The van der Waals surface area contributed by atoms with Crippen LogP contribution < -0.4 is 5.32 Å². The van der Waals surface area contributed by atoms with Crippen molar-refractivity contribution in [2.24, 2.45) is 5.92 Å². The Kier molecular flexibility index (Phi) is 7.92. The number of nitrogens with one attached hydrogen (secondary N) is 1. The number of hydrogen-bond acceptors (Lipinski definition) is 1. The third kappa shape index (κ3) is 5.34. The Morgan fingerprint density at radius 1 is 0.938 bits per heavy atom. The van der Waals surface area contributed by atoms with Crippen molar-refractivity contribution in [3.63, 3.8) is 0 Å². The van der Waals surface area contributed by atoms with Crippen LogP contribution in [0.15, 0.2) is 0 Å². The highest BCUT2D eigenvalue weighted by Crippen LogP contribution is 2.28. The maximum absolute atomic E-state index is 3.76. The van der Waals surface area contributed by atoms with Gasteiger partial charge in [0.1, 0.15) is 0 Å². The topological polar surface area (TPSA) is 12.0 Å². The molecule has 1 heteroatoms. The summed E-state index contributed by atoms with van der Waals surface area (Å²) in [5, 5.41) is 3.76. The molecule has 1 aliphatic carbocycles. The fourth-order valence-corrected chi connectivity index (χ4v) is 2.98. The summed E-state index contributed by atoms with van der Waals surface area (Å²) >= 11 is 0. The largest absolute Gasteiger partial charge is 0.314 e. The van der Waals surface area contributed by atoms with Crippen LogP contribution in [-0.4, -0.2) is 12.6 Å². The van der Waals surface area contributed by atoms with Crippen molar-refractivity contribution < 1.29 is 0 Å². The third-order valence-corrected chi connectivity index (χ3v) is 3.99. The molecule has 96 valence electrons. The smallest absolute Gasteiger partial charge is 0.00953 e. The van der Waals surface area contributed by atoms with Crippen LogP contribution in [-0.2, 0) is 0 Å². The number of hydrogen-bond donors (Lipinski definition) is 1. The van der Waals surface area contributed by atoms with Gasteiger partial charge in [-0.25, -0.2) is 0 Å². The molecule has 0 aliphatic heterocycles. The average molecular weight is 225 g/mol. The minimum absolute atomic E-state index is 0.843. The molecular weight excluding hydrogens is 194 g/mol. The first kappa shape index (κ1) is 14.0. The summed E-state index contributed by atoms with van der Waals surface area (Å²) in [7, 11) is 0. The standard InChI is InChI=1S/C15H31N/c1-3-5-6-7-10-14-11-8-9-12-15(14)16-13-4-2/h14-16H,3-13H2,1-2H3. The molecule has 0 radical (unpaired) electrons. The minimum atomic E-state index is 0.843. The molecule has 0 amide bonds. The van der Waals surface area contributed by atoms with Crippen LogP contribution >= 0.6 is 0 Å². The molecule has 16 heavy (non-hydrogen) atoms. The van der Waals surface area contributed by atoms with Crippen LogP contribution in [0.4, 0.5) is 0 Å². The first-order valence-corrected chi connectivity index (χ1v) is 7.61. The first-order valence-electron chi connectivity index (χ1n) is 7.61. The van der Waals surface area contributed by atoms with Gasteiger partial charge in [-0.2, -0.15) is 0 Å². The molecule has 1 nitrogen and oxygen atoms in total. The van der Waals surface area contributed by atoms with Crippen LogP contribution in [0.1, 0.15) is 78.1 Å². The summed E-state index contributed by atoms with van der Waals surface area (Å²) in [5.41, 5.74) is 0. The van der Waals surface area contributed by atoms with Crippen LogP contribution in [0.25, 0.3) is 0 Å². The second-order valence-corrected chi connectivity index (χ2v) is 5.45. The van der Waals surface area contributed by atoms with E-state index in [1.54, 1.807) is 0 Å². The highest BCUT2D eigenvalue weighted by molar-refractivity contribution is 4.80. The van der Waals surface area contributed by atoms with Gasteiger partial charge in [0.25, 0.3) is 0 Å². The Morgan fingerprint density at radius 3 is 2.50 bits per heavy atom. The summed E-state index contributed by atoms with van der Waals surface area (Å²) in [6.07, 6.45) is 14.3. The Hall–Kier alpha value is -0.0400. The Bertz CT molecular complexity index is 156. The summed E-state index contributed by atoms with van der Waals surface area (Å²) in [6, 6.07) is 0.843. The molecule has 1 N–H and O–H groups in total. The summed E-state index contributed by atoms with van der Waals surface area (Å²) < 4.78 is 0. The molecule has 0 aromatic rings. The minimum Gasteiger partial charge on any atom is -0.314 e. The average Bonchev–Trinajstić information content (AvgIpc) is 2.33. The monoisotopic (exact) mass is 225 g/mol. The van der Waals surface area contributed by atoms with Gasteiger partial charge >= 0.3 is 0 Å². The van der Waals surface area contributed by atoms with E-state index in [4.69, 9.17) is 0 Å². The van der Waals surface area contributed by atoms with Gasteiger partial charge in [0.2, 0.25) is 0 Å². The van der Waals surface area contributed by atoms with Crippen LogP contribution in [0, 0.1) is 5.92 Å². The predicted octanol–water partition coefficient (Wildman–Crippen LogP) is 4.52. The molecular formula is C15H31N. The van der Waals surface area contributed by atoms with E-state index >= 15 is 0 Å². The van der Waals surface area contributed by atoms with E-state index in [1.807, 2.05) is 0 Å². The van der Waals surface area contributed by atoms with E-state index in [2.05, 4.69) is 19.2 Å². The third-order valence-electron chi connectivity index (χ3n) is 3.99. The molecule has 0 bridgehead atoms. The van der Waals surface area contributed by atoms with E-state index in [1.165, 1.54) is 70.8 Å². The fraction of sp³-hybridized carbons (Fsp3) is 1.00. The van der Waals surface area contributed by atoms with Gasteiger partial charge in [-0.1, -0.05) is 52.4 Å². The van der Waals surface area contributed by atoms with Crippen LogP contribution in [0.5, 0.6) is 0 Å². The zero-order valence-electron chi connectivity index (χ0n) is 11.4. The van der Waals surface area contributed by atoms with Gasteiger partial charge in [0.05, 0.1) is 0 Å². The van der Waals surface area contributed by atoms with Crippen molar-refractivity contribution >= 4 is 0 Å². The summed E-state index contributed by atoms with van der Waals surface area (Å²) in [4.78, 5) is 0. The van der Waals surface area contributed by atoms with Crippen molar-refractivity contribution in [1.82, 2.24) is 5.32 Å². The van der Waals surface area contributed by atoms with Crippen molar-refractivity contribution in [3.05, 3.63) is 0 Å². The van der Waals surface area contributed by atoms with E-state index in [-0.39, 0.29) is 0 Å². The highest BCUT2D eigenvalue weighted by atomic mass is 14.9. The van der Waals surface area contributed by atoms with Crippen molar-refractivity contribution in [2.75, 3.05) is 6.54 Å². The lowest BCUT2D eigenvalue weighted by Crippen LogP contribution is -2.38. The van der Waals surface area contributed by atoms with Crippen LogP contribution in [0.2, 0.25) is 0 Å². The van der Waals surface area contributed by atoms with E-state index < -0.39 is 0 Å². The lowest BCUT2D eigenvalue weighted by Gasteiger charge is -2.32. The molecule has 1 aliphatic rings. The van der Waals surface area contributed by atoms with Gasteiger partial charge in [-0.15, -0.1) is 0 Å². The fourth-order valence-electron chi connectivity index (χ4n) is 2.98. The molecule has 0 saturated heterocycles. The van der Waals surface area contributed by atoms with Gasteiger partial charge < -0.3 is 5.32 Å². The highest BCUT2D eigenvalue weighted by Gasteiger charge is 2.23. The van der Waals surface area contributed by atoms with Gasteiger partial charge in [0.15, 0.2) is 0 Å². The second kappa shape index (κ2) is 9.04. The Morgan fingerprint density at radius 2 is 1.75 bits per heavy atom. The molecule has 0 spiro atoms. The van der Waals surface area contributed by atoms with Crippen molar-refractivity contribution in [1.29, 1.82) is 0 Å². The normalized spacial score (nSPS) is 25.9. The van der Waals surface area contributed by atoms with Crippen molar-refractivity contribution in [2.45, 2.75) is 84.1 Å². The number of rotatable bonds is 8. The molecule has 1 fully saturated rings. The van der Waals surface area contributed by atoms with Crippen molar-refractivity contribution in [3.8, 4) is 0 Å². The molecule has 2 unspecified atom stereocenters. The summed E-state index contributed by atoms with van der Waals surface area (Å²) in [5.74, 6) is 0.983.